The highest BCUT2D eigenvalue weighted by Crippen LogP contribution is 2.21. The first-order chi connectivity index (χ1) is 14.2. The predicted octanol–water partition coefficient (Wildman–Crippen LogP) is 5.30. The van der Waals surface area contributed by atoms with Crippen molar-refractivity contribution < 1.29 is 14.3 Å². The molecule has 29 heavy (non-hydrogen) atoms. The lowest BCUT2D eigenvalue weighted by molar-refractivity contribution is -0.136. The molecule has 0 aliphatic rings. The lowest BCUT2D eigenvalue weighted by atomic mass is 10.0. The van der Waals surface area contributed by atoms with Gasteiger partial charge in [0.2, 0.25) is 0 Å². The Balaban J connectivity index is 1.65. The molecule has 0 spiro atoms. The SMILES string of the molecule is CCc1cccc(OCC(=O)Oc2cccc(/C=C(/C#N)c3ccccc3)c2)c1. The molecule has 3 rings (SSSR count). The van der Waals surface area contributed by atoms with Crippen LogP contribution in [0, 0.1) is 11.3 Å². The molecule has 0 bridgehead atoms. The van der Waals surface area contributed by atoms with E-state index in [1.54, 1.807) is 24.3 Å². The molecule has 4 nitrogen and oxygen atoms in total. The Morgan fingerprint density at radius 2 is 1.72 bits per heavy atom. The number of nitriles is 1. The van der Waals surface area contributed by atoms with Crippen LogP contribution in [0.3, 0.4) is 0 Å². The maximum absolute atomic E-state index is 12.1. The zero-order chi connectivity index (χ0) is 20.5. The van der Waals surface area contributed by atoms with Gasteiger partial charge in [0.1, 0.15) is 11.5 Å². The van der Waals surface area contributed by atoms with E-state index in [1.165, 1.54) is 0 Å². The van der Waals surface area contributed by atoms with Gasteiger partial charge in [-0.15, -0.1) is 0 Å². The predicted molar refractivity (Wildman–Crippen MR) is 113 cm³/mol. The van der Waals surface area contributed by atoms with E-state index >= 15 is 0 Å². The molecule has 0 radical (unpaired) electrons. The minimum atomic E-state index is -0.489. The second-order valence-corrected chi connectivity index (χ2v) is 6.37. The number of allylic oxidation sites excluding steroid dienone is 1. The molecule has 0 aliphatic heterocycles. The zero-order valence-electron chi connectivity index (χ0n) is 16.2. The number of hydrogen-bond acceptors (Lipinski definition) is 4. The van der Waals surface area contributed by atoms with E-state index in [0.717, 1.165) is 23.1 Å². The summed E-state index contributed by atoms with van der Waals surface area (Å²) in [5, 5.41) is 9.45. The molecule has 144 valence electrons. The van der Waals surface area contributed by atoms with Gasteiger partial charge in [-0.2, -0.15) is 5.26 Å². The highest BCUT2D eigenvalue weighted by Gasteiger charge is 2.08. The van der Waals surface area contributed by atoms with E-state index in [1.807, 2.05) is 60.7 Å². The highest BCUT2D eigenvalue weighted by molar-refractivity contribution is 5.89. The molecule has 0 aromatic heterocycles. The Bertz CT molecular complexity index is 1050. The van der Waals surface area contributed by atoms with Gasteiger partial charge in [-0.05, 0) is 53.5 Å². The van der Waals surface area contributed by atoms with Crippen molar-refractivity contribution in [3.8, 4) is 17.6 Å². The maximum atomic E-state index is 12.1. The summed E-state index contributed by atoms with van der Waals surface area (Å²) in [7, 11) is 0. The Morgan fingerprint density at radius 1 is 0.966 bits per heavy atom. The summed E-state index contributed by atoms with van der Waals surface area (Å²) in [6.07, 6.45) is 2.66. The van der Waals surface area contributed by atoms with Crippen LogP contribution in [-0.2, 0) is 11.2 Å². The van der Waals surface area contributed by atoms with Crippen LogP contribution in [0.5, 0.6) is 11.5 Å². The first kappa shape index (κ1) is 19.9. The van der Waals surface area contributed by atoms with Crippen molar-refractivity contribution in [2.24, 2.45) is 0 Å². The van der Waals surface area contributed by atoms with Crippen LogP contribution in [0.4, 0.5) is 0 Å². The van der Waals surface area contributed by atoms with E-state index in [4.69, 9.17) is 9.47 Å². The number of rotatable bonds is 7. The molecule has 3 aromatic rings. The number of ether oxygens (including phenoxy) is 2. The number of aryl methyl sites for hydroxylation is 1. The van der Waals surface area contributed by atoms with Crippen molar-refractivity contribution in [3.05, 3.63) is 95.6 Å². The molecule has 0 heterocycles. The number of nitrogens with zero attached hydrogens (tertiary/aromatic N) is 1. The topological polar surface area (TPSA) is 59.3 Å². The van der Waals surface area contributed by atoms with Gasteiger partial charge >= 0.3 is 5.97 Å². The number of carbonyl (C=O) groups excluding carboxylic acids is 1. The van der Waals surface area contributed by atoms with Crippen LogP contribution in [0.2, 0.25) is 0 Å². The quantitative estimate of drug-likeness (QED) is 0.240. The summed E-state index contributed by atoms with van der Waals surface area (Å²) in [4.78, 5) is 12.1. The highest BCUT2D eigenvalue weighted by atomic mass is 16.6. The average Bonchev–Trinajstić information content (AvgIpc) is 2.77. The van der Waals surface area contributed by atoms with E-state index in [2.05, 4.69) is 13.0 Å². The molecule has 0 fully saturated rings. The summed E-state index contributed by atoms with van der Waals surface area (Å²) in [5.41, 5.74) is 3.28. The smallest absolute Gasteiger partial charge is 0.349 e. The Hall–Kier alpha value is -3.84. The number of esters is 1. The zero-order valence-corrected chi connectivity index (χ0v) is 16.2. The summed E-state index contributed by atoms with van der Waals surface area (Å²) in [5.74, 6) is 0.552. The van der Waals surface area contributed by atoms with Crippen LogP contribution < -0.4 is 9.47 Å². The second kappa shape index (κ2) is 9.91. The number of carbonyl (C=O) groups is 1. The van der Waals surface area contributed by atoms with Gasteiger partial charge in [0.25, 0.3) is 0 Å². The normalized spacial score (nSPS) is 10.8. The van der Waals surface area contributed by atoms with Crippen LogP contribution in [-0.4, -0.2) is 12.6 Å². The molecule has 0 unspecified atom stereocenters. The second-order valence-electron chi connectivity index (χ2n) is 6.37. The van der Waals surface area contributed by atoms with E-state index in [0.29, 0.717) is 17.1 Å². The molecular formula is C25H21NO3. The van der Waals surface area contributed by atoms with E-state index in [-0.39, 0.29) is 6.61 Å². The van der Waals surface area contributed by atoms with Crippen molar-refractivity contribution in [1.29, 1.82) is 5.26 Å². The third-order valence-electron chi connectivity index (χ3n) is 4.27. The van der Waals surface area contributed by atoms with Gasteiger partial charge in [0.05, 0.1) is 11.6 Å². The van der Waals surface area contributed by atoms with E-state index in [9.17, 15) is 10.1 Å². The standard InChI is InChI=1S/C25H21NO3/c1-2-19-8-6-12-23(15-19)28-18-25(27)29-24-13-7-9-20(16-24)14-22(17-26)21-10-4-3-5-11-21/h3-16H,2,18H2,1H3/b22-14-. The van der Waals surface area contributed by atoms with Gasteiger partial charge in [-0.3, -0.25) is 0 Å². The molecule has 0 saturated heterocycles. The van der Waals surface area contributed by atoms with E-state index < -0.39 is 5.97 Å². The van der Waals surface area contributed by atoms with Crippen LogP contribution >= 0.6 is 0 Å². The summed E-state index contributed by atoms with van der Waals surface area (Å²) in [6, 6.07) is 26.3. The first-order valence-electron chi connectivity index (χ1n) is 9.37. The fourth-order valence-corrected chi connectivity index (χ4v) is 2.79. The van der Waals surface area contributed by atoms with Gasteiger partial charge in [-0.1, -0.05) is 61.5 Å². The number of hydrogen-bond donors (Lipinski definition) is 0. The fourth-order valence-electron chi connectivity index (χ4n) is 2.79. The summed E-state index contributed by atoms with van der Waals surface area (Å²) in [6.45, 7) is 1.88. The van der Waals surface area contributed by atoms with Gasteiger partial charge in [-0.25, -0.2) is 4.79 Å². The molecule has 0 atom stereocenters. The van der Waals surface area contributed by atoms with Crippen LogP contribution in [0.15, 0.2) is 78.9 Å². The molecule has 0 amide bonds. The van der Waals surface area contributed by atoms with Crippen LogP contribution in [0.1, 0.15) is 23.6 Å². The van der Waals surface area contributed by atoms with Crippen LogP contribution in [0.25, 0.3) is 11.6 Å². The average molecular weight is 383 g/mol. The monoisotopic (exact) mass is 383 g/mol. The lowest BCUT2D eigenvalue weighted by Gasteiger charge is -2.08. The van der Waals surface area contributed by atoms with Crippen molar-refractivity contribution in [3.63, 3.8) is 0 Å². The Labute approximate surface area is 170 Å². The first-order valence-corrected chi connectivity index (χ1v) is 9.37. The Morgan fingerprint density at radius 3 is 2.48 bits per heavy atom. The molecule has 3 aromatic carbocycles. The van der Waals surface area contributed by atoms with Crippen molar-refractivity contribution in [1.82, 2.24) is 0 Å². The summed E-state index contributed by atoms with van der Waals surface area (Å²) >= 11 is 0. The maximum Gasteiger partial charge on any atom is 0.349 e. The third kappa shape index (κ3) is 5.82. The largest absolute Gasteiger partial charge is 0.482 e. The molecule has 0 aliphatic carbocycles. The van der Waals surface area contributed by atoms with Crippen molar-refractivity contribution in [2.75, 3.05) is 6.61 Å². The minimum Gasteiger partial charge on any atom is -0.482 e. The van der Waals surface area contributed by atoms with Crippen molar-refractivity contribution >= 4 is 17.6 Å². The molecule has 4 heteroatoms. The molecule has 0 N–H and O–H groups in total. The van der Waals surface area contributed by atoms with Crippen molar-refractivity contribution in [2.45, 2.75) is 13.3 Å². The number of benzene rings is 3. The van der Waals surface area contributed by atoms with Gasteiger partial charge in [0, 0.05) is 0 Å². The Kier molecular flexibility index (Phi) is 6.80. The van der Waals surface area contributed by atoms with Gasteiger partial charge < -0.3 is 9.47 Å². The minimum absolute atomic E-state index is 0.180. The third-order valence-corrected chi connectivity index (χ3v) is 4.27. The van der Waals surface area contributed by atoms with Gasteiger partial charge in [0.15, 0.2) is 6.61 Å². The molecular weight excluding hydrogens is 362 g/mol. The fraction of sp³-hybridized carbons (Fsp3) is 0.120. The summed E-state index contributed by atoms with van der Waals surface area (Å²) < 4.78 is 10.9. The lowest BCUT2D eigenvalue weighted by Crippen LogP contribution is -2.17. The molecule has 0 saturated carbocycles.